The van der Waals surface area contributed by atoms with E-state index in [1.807, 2.05) is 0 Å². The largest absolute Gasteiger partial charge is 0.493 e. The average Bonchev–Trinajstić information content (AvgIpc) is 3.06. The third kappa shape index (κ3) is 4.79. The predicted molar refractivity (Wildman–Crippen MR) is 124 cm³/mol. The third-order valence-electron chi connectivity index (χ3n) is 4.65. The van der Waals surface area contributed by atoms with Gasteiger partial charge >= 0.3 is 0 Å². The summed E-state index contributed by atoms with van der Waals surface area (Å²) in [5.41, 5.74) is 1.81. The van der Waals surface area contributed by atoms with Gasteiger partial charge in [-0.15, -0.1) is 0 Å². The fraction of sp³-hybridized carbons (Fsp3) is 0.0833. The first kappa shape index (κ1) is 21.9. The second kappa shape index (κ2) is 9.46. The van der Waals surface area contributed by atoms with Crippen LogP contribution < -0.4 is 14.4 Å². The molecule has 4 rings (SSSR count). The van der Waals surface area contributed by atoms with Gasteiger partial charge in [0.2, 0.25) is 0 Å². The monoisotopic (exact) mass is 469 g/mol. The van der Waals surface area contributed by atoms with Crippen LogP contribution in [0.4, 0.5) is 14.9 Å². The second-order valence-corrected chi connectivity index (χ2v) is 8.25. The number of nitrogens with zero attached hydrogens (tertiary/aromatic N) is 1. The minimum absolute atomic E-state index is 0.174. The first-order valence-electron chi connectivity index (χ1n) is 9.53. The molecule has 1 fully saturated rings. The number of benzene rings is 3. The van der Waals surface area contributed by atoms with Crippen molar-refractivity contribution in [3.63, 3.8) is 0 Å². The molecule has 3 aromatic rings. The molecule has 1 aliphatic rings. The Balaban J connectivity index is 1.53. The molecule has 5 nitrogen and oxygen atoms in total. The molecule has 0 N–H and O–H groups in total. The van der Waals surface area contributed by atoms with Gasteiger partial charge in [0.25, 0.3) is 11.1 Å². The highest BCUT2D eigenvalue weighted by molar-refractivity contribution is 8.19. The van der Waals surface area contributed by atoms with Gasteiger partial charge < -0.3 is 9.47 Å². The fourth-order valence-electron chi connectivity index (χ4n) is 3.11. The van der Waals surface area contributed by atoms with Crippen LogP contribution in [0.1, 0.15) is 11.1 Å². The van der Waals surface area contributed by atoms with Crippen molar-refractivity contribution in [3.8, 4) is 11.5 Å². The van der Waals surface area contributed by atoms with Crippen molar-refractivity contribution in [2.75, 3.05) is 12.0 Å². The average molecular weight is 470 g/mol. The molecule has 1 saturated heterocycles. The minimum atomic E-state index is -0.410. The van der Waals surface area contributed by atoms with Crippen LogP contribution in [0, 0.1) is 5.82 Å². The first-order chi connectivity index (χ1) is 15.4. The second-order valence-electron chi connectivity index (χ2n) is 6.82. The summed E-state index contributed by atoms with van der Waals surface area (Å²) >= 11 is 6.75. The van der Waals surface area contributed by atoms with Gasteiger partial charge in [-0.1, -0.05) is 29.8 Å². The highest BCUT2D eigenvalue weighted by Crippen LogP contribution is 2.37. The minimum Gasteiger partial charge on any atom is -0.493 e. The fourth-order valence-corrected chi connectivity index (χ4v) is 4.08. The molecule has 32 heavy (non-hydrogen) atoms. The number of hydrogen-bond acceptors (Lipinski definition) is 5. The van der Waals surface area contributed by atoms with Crippen LogP contribution in [0.5, 0.6) is 11.5 Å². The van der Waals surface area contributed by atoms with Crippen molar-refractivity contribution in [1.82, 2.24) is 0 Å². The maximum Gasteiger partial charge on any atom is 0.298 e. The Morgan fingerprint density at radius 1 is 1.03 bits per heavy atom. The number of imide groups is 1. The van der Waals surface area contributed by atoms with E-state index >= 15 is 0 Å². The van der Waals surface area contributed by atoms with E-state index in [9.17, 15) is 14.0 Å². The summed E-state index contributed by atoms with van der Waals surface area (Å²) in [6, 6.07) is 17.8. The number of halogens is 2. The zero-order chi connectivity index (χ0) is 22.7. The molecular formula is C24H17ClFNO4S. The zero-order valence-electron chi connectivity index (χ0n) is 16.9. The highest BCUT2D eigenvalue weighted by Gasteiger charge is 2.36. The van der Waals surface area contributed by atoms with Crippen LogP contribution in [-0.2, 0) is 11.4 Å². The van der Waals surface area contributed by atoms with Gasteiger partial charge in [-0.25, -0.2) is 9.29 Å². The predicted octanol–water partition coefficient (Wildman–Crippen LogP) is 6.31. The number of thioether (sulfide) groups is 1. The van der Waals surface area contributed by atoms with Crippen molar-refractivity contribution in [1.29, 1.82) is 0 Å². The van der Waals surface area contributed by atoms with E-state index in [0.717, 1.165) is 16.7 Å². The molecule has 1 aliphatic heterocycles. The molecule has 8 heteroatoms. The Morgan fingerprint density at radius 3 is 2.53 bits per heavy atom. The molecule has 0 saturated carbocycles. The van der Waals surface area contributed by atoms with Gasteiger partial charge in [0.05, 0.1) is 17.7 Å². The number of hydrogen-bond donors (Lipinski definition) is 0. The molecule has 0 atom stereocenters. The molecule has 0 unspecified atom stereocenters. The van der Waals surface area contributed by atoms with Gasteiger partial charge in [0.1, 0.15) is 12.4 Å². The maximum atomic E-state index is 13.3. The summed E-state index contributed by atoms with van der Waals surface area (Å²) in [6.45, 7) is 0.174. The normalized spacial score (nSPS) is 14.8. The molecule has 0 aromatic heterocycles. The summed E-state index contributed by atoms with van der Waals surface area (Å²) in [6.07, 6.45) is 1.62. The number of methoxy groups -OCH3 is 1. The topological polar surface area (TPSA) is 55.8 Å². The van der Waals surface area contributed by atoms with E-state index in [1.165, 1.54) is 19.2 Å². The standard InChI is InChI=1S/C24H17ClFNO4S/c1-30-21-12-15(5-10-20(21)31-14-16-3-2-4-18(26)11-16)13-22-23(28)27(24(29)32-22)19-8-6-17(25)7-9-19/h2-13H,14H2,1H3/b22-13+. The lowest BCUT2D eigenvalue weighted by atomic mass is 10.1. The molecule has 0 aliphatic carbocycles. The van der Waals surface area contributed by atoms with E-state index in [2.05, 4.69) is 0 Å². The lowest BCUT2D eigenvalue weighted by Crippen LogP contribution is -2.27. The quantitative estimate of drug-likeness (QED) is 0.396. The highest BCUT2D eigenvalue weighted by atomic mass is 35.5. The van der Waals surface area contributed by atoms with Gasteiger partial charge in [0.15, 0.2) is 11.5 Å². The van der Waals surface area contributed by atoms with Crippen LogP contribution in [0.15, 0.2) is 71.6 Å². The van der Waals surface area contributed by atoms with Crippen molar-refractivity contribution in [3.05, 3.63) is 93.6 Å². The Labute approximate surface area is 193 Å². The molecule has 3 aromatic carbocycles. The molecular weight excluding hydrogens is 453 g/mol. The Kier molecular flexibility index (Phi) is 6.48. The zero-order valence-corrected chi connectivity index (χ0v) is 18.5. The van der Waals surface area contributed by atoms with Crippen LogP contribution >= 0.6 is 23.4 Å². The summed E-state index contributed by atoms with van der Waals surface area (Å²) in [5, 5.41) is 0.133. The van der Waals surface area contributed by atoms with Gasteiger partial charge in [-0.05, 0) is 77.5 Å². The van der Waals surface area contributed by atoms with Gasteiger partial charge in [-0.3, -0.25) is 9.59 Å². The Morgan fingerprint density at radius 2 is 1.81 bits per heavy atom. The molecule has 162 valence electrons. The lowest BCUT2D eigenvalue weighted by molar-refractivity contribution is -0.113. The molecule has 0 bridgehead atoms. The lowest BCUT2D eigenvalue weighted by Gasteiger charge is -2.12. The Hall–Kier alpha value is -3.29. The number of amides is 2. The number of ether oxygens (including phenoxy) is 2. The van der Waals surface area contributed by atoms with Crippen molar-refractivity contribution in [2.24, 2.45) is 0 Å². The van der Waals surface area contributed by atoms with E-state index in [0.29, 0.717) is 38.2 Å². The van der Waals surface area contributed by atoms with E-state index in [4.69, 9.17) is 21.1 Å². The van der Waals surface area contributed by atoms with Crippen LogP contribution in [-0.4, -0.2) is 18.3 Å². The number of anilines is 1. The summed E-state index contributed by atoms with van der Waals surface area (Å²) in [5.74, 6) is 0.184. The van der Waals surface area contributed by atoms with Crippen LogP contribution in [0.3, 0.4) is 0 Å². The molecule has 2 amide bonds. The summed E-state index contributed by atoms with van der Waals surface area (Å²) in [4.78, 5) is 26.6. The van der Waals surface area contributed by atoms with E-state index in [1.54, 1.807) is 60.7 Å². The van der Waals surface area contributed by atoms with E-state index in [-0.39, 0.29) is 17.7 Å². The van der Waals surface area contributed by atoms with Gasteiger partial charge in [-0.2, -0.15) is 0 Å². The number of carbonyl (C=O) groups is 2. The number of carbonyl (C=O) groups excluding carboxylic acids is 2. The van der Waals surface area contributed by atoms with Crippen molar-refractivity contribution in [2.45, 2.75) is 6.61 Å². The van der Waals surface area contributed by atoms with Crippen molar-refractivity contribution < 1.29 is 23.5 Å². The van der Waals surface area contributed by atoms with Crippen LogP contribution in [0.2, 0.25) is 5.02 Å². The number of rotatable bonds is 6. The Bertz CT molecular complexity index is 1210. The third-order valence-corrected chi connectivity index (χ3v) is 5.77. The first-order valence-corrected chi connectivity index (χ1v) is 10.7. The van der Waals surface area contributed by atoms with Crippen LogP contribution in [0.25, 0.3) is 6.08 Å². The smallest absolute Gasteiger partial charge is 0.298 e. The van der Waals surface area contributed by atoms with Gasteiger partial charge in [0, 0.05) is 5.02 Å². The molecule has 0 radical (unpaired) electrons. The molecule has 0 spiro atoms. The summed E-state index contributed by atoms with van der Waals surface area (Å²) < 4.78 is 24.5. The summed E-state index contributed by atoms with van der Waals surface area (Å²) in [7, 11) is 1.50. The van der Waals surface area contributed by atoms with Crippen molar-refractivity contribution >= 4 is 46.3 Å². The maximum absolute atomic E-state index is 13.3. The molecule has 1 heterocycles. The SMILES string of the molecule is COc1cc(/C=C2/SC(=O)N(c3ccc(Cl)cc3)C2=O)ccc1OCc1cccc(F)c1. The van der Waals surface area contributed by atoms with E-state index < -0.39 is 5.91 Å².